The number of Topliss-reactive ketones (excluding diaryl/α,β-unsaturated/α-hetero) is 2. The third-order valence-electron chi connectivity index (χ3n) is 3.68. The maximum atomic E-state index is 12.8. The number of allylic oxidation sites excluding steroid dienone is 2. The summed E-state index contributed by atoms with van der Waals surface area (Å²) in [5.74, 6) is 0.0867. The second-order valence-electron chi connectivity index (χ2n) is 5.00. The molecule has 0 aliphatic heterocycles. The van der Waals surface area contributed by atoms with E-state index in [4.69, 9.17) is 4.74 Å². The van der Waals surface area contributed by atoms with Gasteiger partial charge in [0.1, 0.15) is 5.75 Å². The summed E-state index contributed by atoms with van der Waals surface area (Å²) in [6, 6.07) is 14.7. The first-order valence-electron chi connectivity index (χ1n) is 6.82. The molecule has 4 heteroatoms. The fourth-order valence-electron chi connectivity index (χ4n) is 2.59. The summed E-state index contributed by atoms with van der Waals surface area (Å²) in [5.41, 5.74) is 2.18. The molecule has 0 amide bonds. The summed E-state index contributed by atoms with van der Waals surface area (Å²) in [5, 5.41) is 0. The van der Waals surface area contributed by atoms with E-state index in [0.717, 1.165) is 5.56 Å². The molecule has 0 aromatic heterocycles. The molecule has 2 aromatic carbocycles. The van der Waals surface area contributed by atoms with Crippen molar-refractivity contribution < 1.29 is 14.3 Å². The van der Waals surface area contributed by atoms with Gasteiger partial charge in [-0.25, -0.2) is 0 Å². The summed E-state index contributed by atoms with van der Waals surface area (Å²) in [6.45, 7) is 0. The van der Waals surface area contributed by atoms with Gasteiger partial charge in [0.2, 0.25) is 5.78 Å². The highest BCUT2D eigenvalue weighted by atomic mass is 79.9. The number of ketones is 2. The van der Waals surface area contributed by atoms with Crippen LogP contribution in [-0.2, 0) is 6.42 Å². The van der Waals surface area contributed by atoms with Gasteiger partial charge in [0.15, 0.2) is 5.78 Å². The molecule has 0 unspecified atom stereocenters. The van der Waals surface area contributed by atoms with Crippen molar-refractivity contribution in [2.45, 2.75) is 6.42 Å². The van der Waals surface area contributed by atoms with E-state index < -0.39 is 0 Å². The number of carbonyl (C=O) groups is 2. The Labute approximate surface area is 136 Å². The normalized spacial score (nSPS) is 14.1. The Bertz CT molecular complexity index is 791. The SMILES string of the molecule is COc1cccc2c1C(=O)C(Cc1ccccc1)=C(Br)C2=O. The van der Waals surface area contributed by atoms with Gasteiger partial charge in [-0.2, -0.15) is 0 Å². The summed E-state index contributed by atoms with van der Waals surface area (Å²) in [7, 11) is 1.50. The van der Waals surface area contributed by atoms with Crippen LogP contribution in [0, 0.1) is 0 Å². The molecule has 0 spiro atoms. The lowest BCUT2D eigenvalue weighted by molar-refractivity contribution is 0.0977. The van der Waals surface area contributed by atoms with Gasteiger partial charge in [-0.1, -0.05) is 36.4 Å². The van der Waals surface area contributed by atoms with Crippen molar-refractivity contribution in [1.29, 1.82) is 0 Å². The number of hydrogen-bond acceptors (Lipinski definition) is 3. The highest BCUT2D eigenvalue weighted by Crippen LogP contribution is 2.35. The van der Waals surface area contributed by atoms with Crippen molar-refractivity contribution >= 4 is 27.5 Å². The van der Waals surface area contributed by atoms with Crippen LogP contribution in [0.25, 0.3) is 0 Å². The zero-order valence-corrected chi connectivity index (χ0v) is 13.5. The molecule has 3 rings (SSSR count). The average Bonchev–Trinajstić information content (AvgIpc) is 2.57. The molecule has 0 atom stereocenters. The van der Waals surface area contributed by atoms with Gasteiger partial charge in [0.25, 0.3) is 0 Å². The smallest absolute Gasteiger partial charge is 0.201 e. The highest BCUT2D eigenvalue weighted by molar-refractivity contribution is 9.12. The van der Waals surface area contributed by atoms with Crippen LogP contribution < -0.4 is 4.74 Å². The Balaban J connectivity index is 2.10. The van der Waals surface area contributed by atoms with E-state index in [1.165, 1.54) is 7.11 Å². The number of carbonyl (C=O) groups excluding carboxylic acids is 2. The van der Waals surface area contributed by atoms with E-state index >= 15 is 0 Å². The number of rotatable bonds is 3. The molecule has 0 saturated carbocycles. The third-order valence-corrected chi connectivity index (χ3v) is 4.52. The quantitative estimate of drug-likeness (QED) is 0.835. The number of halogens is 1. The summed E-state index contributed by atoms with van der Waals surface area (Å²) in [6.07, 6.45) is 0.406. The second kappa shape index (κ2) is 5.89. The summed E-state index contributed by atoms with van der Waals surface area (Å²) >= 11 is 3.30. The van der Waals surface area contributed by atoms with Gasteiger partial charge >= 0.3 is 0 Å². The van der Waals surface area contributed by atoms with Crippen molar-refractivity contribution in [1.82, 2.24) is 0 Å². The van der Waals surface area contributed by atoms with Crippen LogP contribution in [0.5, 0.6) is 5.75 Å². The lowest BCUT2D eigenvalue weighted by atomic mass is 9.86. The molecule has 0 N–H and O–H groups in total. The molecular formula is C18H13BrO3. The van der Waals surface area contributed by atoms with E-state index in [2.05, 4.69) is 15.9 Å². The van der Waals surface area contributed by atoms with Crippen LogP contribution >= 0.6 is 15.9 Å². The maximum Gasteiger partial charge on any atom is 0.201 e. The molecule has 110 valence electrons. The Kier molecular flexibility index (Phi) is 3.94. The van der Waals surface area contributed by atoms with Crippen molar-refractivity contribution in [2.24, 2.45) is 0 Å². The fraction of sp³-hybridized carbons (Fsp3) is 0.111. The standard InChI is InChI=1S/C18H13BrO3/c1-22-14-9-5-8-12-15(14)17(20)13(16(19)18(12)21)10-11-6-3-2-4-7-11/h2-9H,10H2,1H3. The Morgan fingerprint density at radius 3 is 2.36 bits per heavy atom. The number of benzene rings is 2. The van der Waals surface area contributed by atoms with Crippen molar-refractivity contribution in [2.75, 3.05) is 7.11 Å². The molecule has 1 aliphatic rings. The topological polar surface area (TPSA) is 43.4 Å². The molecule has 0 heterocycles. The molecule has 1 aliphatic carbocycles. The van der Waals surface area contributed by atoms with E-state index in [1.807, 2.05) is 30.3 Å². The van der Waals surface area contributed by atoms with Gasteiger partial charge in [-0.05, 0) is 33.6 Å². The predicted molar refractivity (Wildman–Crippen MR) is 87.8 cm³/mol. The van der Waals surface area contributed by atoms with Crippen LogP contribution in [-0.4, -0.2) is 18.7 Å². The van der Waals surface area contributed by atoms with Crippen LogP contribution in [0.3, 0.4) is 0 Å². The van der Waals surface area contributed by atoms with Gasteiger partial charge in [-0.15, -0.1) is 0 Å². The predicted octanol–water partition coefficient (Wildman–Crippen LogP) is 3.97. The first-order chi connectivity index (χ1) is 10.6. The van der Waals surface area contributed by atoms with E-state index in [9.17, 15) is 9.59 Å². The molecule has 0 fully saturated rings. The first kappa shape index (κ1) is 14.7. The molecule has 3 nitrogen and oxygen atoms in total. The lowest BCUT2D eigenvalue weighted by Crippen LogP contribution is -2.22. The number of methoxy groups -OCH3 is 1. The zero-order valence-electron chi connectivity index (χ0n) is 11.9. The second-order valence-corrected chi connectivity index (χ2v) is 5.79. The summed E-state index contributed by atoms with van der Waals surface area (Å²) < 4.78 is 5.59. The van der Waals surface area contributed by atoms with E-state index in [-0.39, 0.29) is 11.6 Å². The average molecular weight is 357 g/mol. The number of fused-ring (bicyclic) bond motifs is 1. The van der Waals surface area contributed by atoms with Crippen molar-refractivity contribution in [3.05, 3.63) is 75.3 Å². The number of hydrogen-bond donors (Lipinski definition) is 0. The van der Waals surface area contributed by atoms with Crippen LogP contribution in [0.2, 0.25) is 0 Å². The Morgan fingerprint density at radius 1 is 0.955 bits per heavy atom. The van der Waals surface area contributed by atoms with Gasteiger partial charge < -0.3 is 4.74 Å². The third kappa shape index (κ3) is 2.40. The number of ether oxygens (including phenoxy) is 1. The van der Waals surface area contributed by atoms with E-state index in [0.29, 0.717) is 33.4 Å². The molecular weight excluding hydrogens is 344 g/mol. The largest absolute Gasteiger partial charge is 0.496 e. The first-order valence-corrected chi connectivity index (χ1v) is 7.61. The Morgan fingerprint density at radius 2 is 1.68 bits per heavy atom. The van der Waals surface area contributed by atoms with Crippen molar-refractivity contribution in [3.8, 4) is 5.75 Å². The summed E-state index contributed by atoms with van der Waals surface area (Å²) in [4.78, 5) is 25.4. The maximum absolute atomic E-state index is 12.8. The van der Waals surface area contributed by atoms with Gasteiger partial charge in [-0.3, -0.25) is 9.59 Å². The van der Waals surface area contributed by atoms with Gasteiger partial charge in [0.05, 0.1) is 17.2 Å². The molecule has 0 bridgehead atoms. The Hall–Kier alpha value is -2.20. The zero-order chi connectivity index (χ0) is 15.7. The minimum atomic E-state index is -0.181. The monoisotopic (exact) mass is 356 g/mol. The minimum absolute atomic E-state index is 0.164. The minimum Gasteiger partial charge on any atom is -0.496 e. The lowest BCUT2D eigenvalue weighted by Gasteiger charge is -2.20. The van der Waals surface area contributed by atoms with Crippen LogP contribution in [0.1, 0.15) is 26.3 Å². The van der Waals surface area contributed by atoms with Gasteiger partial charge in [0, 0.05) is 17.6 Å². The van der Waals surface area contributed by atoms with Crippen LogP contribution in [0.4, 0.5) is 0 Å². The molecule has 2 aromatic rings. The van der Waals surface area contributed by atoms with Crippen LogP contribution in [0.15, 0.2) is 58.6 Å². The molecule has 0 radical (unpaired) electrons. The van der Waals surface area contributed by atoms with Crippen molar-refractivity contribution in [3.63, 3.8) is 0 Å². The fourth-order valence-corrected chi connectivity index (χ4v) is 3.12. The molecule has 22 heavy (non-hydrogen) atoms. The molecule has 0 saturated heterocycles. The van der Waals surface area contributed by atoms with E-state index in [1.54, 1.807) is 18.2 Å². The highest BCUT2D eigenvalue weighted by Gasteiger charge is 2.33.